The van der Waals surface area contributed by atoms with Gasteiger partial charge in [0.1, 0.15) is 5.76 Å². The van der Waals surface area contributed by atoms with E-state index in [2.05, 4.69) is 11.2 Å². The highest BCUT2D eigenvalue weighted by Gasteiger charge is 2.29. The van der Waals surface area contributed by atoms with Crippen molar-refractivity contribution in [2.24, 2.45) is 11.1 Å². The van der Waals surface area contributed by atoms with E-state index in [1.165, 1.54) is 12.8 Å². The van der Waals surface area contributed by atoms with Gasteiger partial charge in [-0.05, 0) is 25.3 Å². The van der Waals surface area contributed by atoms with Gasteiger partial charge in [0, 0.05) is 12.3 Å². The zero-order valence-electron chi connectivity index (χ0n) is 6.29. The lowest BCUT2D eigenvalue weighted by molar-refractivity contribution is 0.291. The molecule has 0 bridgehead atoms. The summed E-state index contributed by atoms with van der Waals surface area (Å²) in [6, 6.07) is 0. The third-order valence-corrected chi connectivity index (χ3v) is 2.27. The van der Waals surface area contributed by atoms with Crippen molar-refractivity contribution >= 4 is 5.90 Å². The van der Waals surface area contributed by atoms with E-state index < -0.39 is 0 Å². The first-order valence-electron chi connectivity index (χ1n) is 3.99. The third-order valence-electron chi connectivity index (χ3n) is 2.27. The van der Waals surface area contributed by atoms with Gasteiger partial charge in [-0.3, -0.25) is 0 Å². The smallest absolute Gasteiger partial charge is 0.231 e. The molecular weight excluding hydrogens is 142 g/mol. The molecule has 0 aromatic rings. The van der Waals surface area contributed by atoms with Crippen molar-refractivity contribution in [2.45, 2.75) is 25.7 Å². The molecule has 0 amide bonds. The van der Waals surface area contributed by atoms with Gasteiger partial charge in [-0.25, -0.2) is 0 Å². The van der Waals surface area contributed by atoms with E-state index in [4.69, 9.17) is 9.94 Å². The minimum absolute atomic E-state index is 0.475. The van der Waals surface area contributed by atoms with Crippen molar-refractivity contribution in [3.8, 4) is 0 Å². The molecule has 1 atom stereocenters. The van der Waals surface area contributed by atoms with Gasteiger partial charge in [-0.1, -0.05) is 5.16 Å². The average Bonchev–Trinajstić information content (AvgIpc) is 2.46. The lowest BCUT2D eigenvalue weighted by atomic mass is 9.93. The highest BCUT2D eigenvalue weighted by Crippen LogP contribution is 2.34. The predicted octanol–water partition coefficient (Wildman–Crippen LogP) is 1.88. The predicted molar refractivity (Wildman–Crippen MR) is 40.3 cm³/mol. The number of rotatable bonds is 0. The lowest BCUT2D eigenvalue weighted by Crippen LogP contribution is -2.01. The van der Waals surface area contributed by atoms with Gasteiger partial charge < -0.3 is 9.94 Å². The summed E-state index contributed by atoms with van der Waals surface area (Å²) in [5.74, 6) is 1.99. The molecule has 11 heavy (non-hydrogen) atoms. The first kappa shape index (κ1) is 6.70. The Balaban J connectivity index is 2.17. The SMILES string of the molecule is ON=C1CC2CCCC=C2O1. The first-order chi connectivity index (χ1) is 5.40. The monoisotopic (exact) mass is 153 g/mol. The molecule has 0 aromatic heterocycles. The van der Waals surface area contributed by atoms with Crippen molar-refractivity contribution in [1.82, 2.24) is 0 Å². The van der Waals surface area contributed by atoms with Crippen LogP contribution in [-0.2, 0) is 4.74 Å². The van der Waals surface area contributed by atoms with Gasteiger partial charge in [0.25, 0.3) is 0 Å². The Kier molecular flexibility index (Phi) is 1.56. The van der Waals surface area contributed by atoms with Crippen LogP contribution in [0.2, 0.25) is 0 Å². The Bertz CT molecular complexity index is 220. The summed E-state index contributed by atoms with van der Waals surface area (Å²) in [5.41, 5.74) is 0. The summed E-state index contributed by atoms with van der Waals surface area (Å²) in [6.07, 6.45) is 6.39. The summed E-state index contributed by atoms with van der Waals surface area (Å²) in [6.45, 7) is 0. The van der Waals surface area contributed by atoms with Crippen molar-refractivity contribution in [2.75, 3.05) is 0 Å². The Hall–Kier alpha value is -0.990. The molecular formula is C8H11NO2. The van der Waals surface area contributed by atoms with Crippen LogP contribution in [0.3, 0.4) is 0 Å². The zero-order chi connectivity index (χ0) is 7.68. The molecule has 0 aromatic carbocycles. The fraction of sp³-hybridized carbons (Fsp3) is 0.625. The van der Waals surface area contributed by atoms with Crippen LogP contribution >= 0.6 is 0 Å². The third kappa shape index (κ3) is 1.11. The minimum Gasteiger partial charge on any atom is -0.444 e. The maximum atomic E-state index is 8.45. The van der Waals surface area contributed by atoms with E-state index in [-0.39, 0.29) is 0 Å². The molecule has 1 N–H and O–H groups in total. The fourth-order valence-electron chi connectivity index (χ4n) is 1.69. The number of hydrogen-bond acceptors (Lipinski definition) is 3. The van der Waals surface area contributed by atoms with Crippen molar-refractivity contribution in [1.29, 1.82) is 0 Å². The van der Waals surface area contributed by atoms with Crippen LogP contribution in [0.5, 0.6) is 0 Å². The van der Waals surface area contributed by atoms with Crippen LogP contribution in [0, 0.1) is 5.92 Å². The molecule has 2 aliphatic rings. The topological polar surface area (TPSA) is 41.8 Å². The van der Waals surface area contributed by atoms with E-state index in [1.54, 1.807) is 0 Å². The number of fused-ring (bicyclic) bond motifs is 1. The first-order valence-corrected chi connectivity index (χ1v) is 3.99. The maximum Gasteiger partial charge on any atom is 0.231 e. The molecule has 2 rings (SSSR count). The molecule has 0 radical (unpaired) electrons. The van der Waals surface area contributed by atoms with Crippen LogP contribution in [0.15, 0.2) is 17.0 Å². The number of hydrogen-bond donors (Lipinski definition) is 1. The fourth-order valence-corrected chi connectivity index (χ4v) is 1.69. The number of nitrogens with zero attached hydrogens (tertiary/aromatic N) is 1. The molecule has 1 heterocycles. The van der Waals surface area contributed by atoms with Crippen LogP contribution < -0.4 is 0 Å². The second kappa shape index (κ2) is 2.57. The van der Waals surface area contributed by atoms with E-state index in [1.807, 2.05) is 0 Å². The second-order valence-corrected chi connectivity index (χ2v) is 3.03. The highest BCUT2D eigenvalue weighted by atomic mass is 16.5. The molecule has 3 nitrogen and oxygen atoms in total. The summed E-state index contributed by atoms with van der Waals surface area (Å²) in [7, 11) is 0. The van der Waals surface area contributed by atoms with E-state index in [0.717, 1.165) is 18.6 Å². The molecule has 1 unspecified atom stereocenters. The minimum atomic E-state index is 0.475. The Morgan fingerprint density at radius 1 is 1.64 bits per heavy atom. The Morgan fingerprint density at radius 2 is 2.55 bits per heavy atom. The summed E-state index contributed by atoms with van der Waals surface area (Å²) in [5, 5.41) is 11.5. The van der Waals surface area contributed by atoms with Gasteiger partial charge in [-0.15, -0.1) is 0 Å². The molecule has 1 aliphatic heterocycles. The van der Waals surface area contributed by atoms with E-state index >= 15 is 0 Å². The van der Waals surface area contributed by atoms with Crippen molar-refractivity contribution in [3.63, 3.8) is 0 Å². The molecule has 0 saturated carbocycles. The van der Waals surface area contributed by atoms with Crippen LogP contribution in [-0.4, -0.2) is 11.1 Å². The standard InChI is InChI=1S/C8H11NO2/c10-9-8-5-6-3-1-2-4-7(6)11-8/h4,6,10H,1-3,5H2. The molecule has 1 fully saturated rings. The molecule has 1 saturated heterocycles. The van der Waals surface area contributed by atoms with Crippen LogP contribution in [0.4, 0.5) is 0 Å². The average molecular weight is 153 g/mol. The zero-order valence-corrected chi connectivity index (χ0v) is 6.29. The lowest BCUT2D eigenvalue weighted by Gasteiger charge is -2.12. The number of oxime groups is 1. The normalized spacial score (nSPS) is 32.9. The quantitative estimate of drug-likeness (QED) is 0.426. The highest BCUT2D eigenvalue weighted by molar-refractivity contribution is 5.79. The van der Waals surface area contributed by atoms with Gasteiger partial charge in [-0.2, -0.15) is 0 Å². The van der Waals surface area contributed by atoms with E-state index in [0.29, 0.717) is 11.8 Å². The Morgan fingerprint density at radius 3 is 3.27 bits per heavy atom. The largest absolute Gasteiger partial charge is 0.444 e. The number of allylic oxidation sites excluding steroid dienone is 2. The van der Waals surface area contributed by atoms with Gasteiger partial charge in [0.2, 0.25) is 5.90 Å². The van der Waals surface area contributed by atoms with Crippen LogP contribution in [0.25, 0.3) is 0 Å². The molecule has 3 heteroatoms. The van der Waals surface area contributed by atoms with Crippen molar-refractivity contribution in [3.05, 3.63) is 11.8 Å². The molecule has 60 valence electrons. The van der Waals surface area contributed by atoms with E-state index in [9.17, 15) is 0 Å². The van der Waals surface area contributed by atoms with Gasteiger partial charge >= 0.3 is 0 Å². The maximum absolute atomic E-state index is 8.45. The summed E-state index contributed by atoms with van der Waals surface area (Å²) < 4.78 is 5.28. The second-order valence-electron chi connectivity index (χ2n) is 3.03. The van der Waals surface area contributed by atoms with Crippen LogP contribution in [0.1, 0.15) is 25.7 Å². The van der Waals surface area contributed by atoms with Crippen molar-refractivity contribution < 1.29 is 9.94 Å². The molecule has 0 spiro atoms. The Labute approximate surface area is 65.3 Å². The number of ether oxygens (including phenoxy) is 1. The summed E-state index contributed by atoms with van der Waals surface area (Å²) in [4.78, 5) is 0. The van der Waals surface area contributed by atoms with Gasteiger partial charge in [0.05, 0.1) is 0 Å². The summed E-state index contributed by atoms with van der Waals surface area (Å²) >= 11 is 0. The van der Waals surface area contributed by atoms with Gasteiger partial charge in [0.15, 0.2) is 0 Å². The molecule has 1 aliphatic carbocycles.